The van der Waals surface area contributed by atoms with Crippen LogP contribution < -0.4 is 14.2 Å². The number of aromatic nitrogens is 2. The van der Waals surface area contributed by atoms with Crippen LogP contribution in [0.5, 0.6) is 17.2 Å². The van der Waals surface area contributed by atoms with Crippen molar-refractivity contribution >= 4 is 17.0 Å². The van der Waals surface area contributed by atoms with Gasteiger partial charge in [0.25, 0.3) is 0 Å². The lowest BCUT2D eigenvalue weighted by atomic mass is 9.89. The Morgan fingerprint density at radius 1 is 1.05 bits per heavy atom. The van der Waals surface area contributed by atoms with E-state index in [0.29, 0.717) is 48.2 Å². The minimum Gasteiger partial charge on any atom is -0.496 e. The van der Waals surface area contributed by atoms with Crippen molar-refractivity contribution < 1.29 is 28.8 Å². The molecule has 2 saturated heterocycles. The molecule has 6 rings (SSSR count). The molecule has 0 bridgehead atoms. The molecule has 0 saturated carbocycles. The van der Waals surface area contributed by atoms with E-state index in [1.165, 1.54) is 11.6 Å². The Kier molecular flexibility index (Phi) is 8.68. The third-order valence-electron chi connectivity index (χ3n) is 8.66. The first-order chi connectivity index (χ1) is 21.5. The van der Waals surface area contributed by atoms with Crippen LogP contribution in [0.4, 0.5) is 0 Å². The van der Waals surface area contributed by atoms with E-state index in [2.05, 4.69) is 27.7 Å². The number of hydrogen-bond donors (Lipinski definition) is 1. The van der Waals surface area contributed by atoms with Crippen LogP contribution in [0.3, 0.4) is 0 Å². The number of likely N-dealkylation sites (tertiary alicyclic amines) is 1. The van der Waals surface area contributed by atoms with E-state index >= 15 is 0 Å². The zero-order valence-electron chi connectivity index (χ0n) is 25.0. The fraction of sp³-hybridized carbons (Fsp3) is 0.382. The van der Waals surface area contributed by atoms with Crippen molar-refractivity contribution in [3.05, 3.63) is 82.7 Å². The number of imidazole rings is 1. The van der Waals surface area contributed by atoms with Gasteiger partial charge in [-0.2, -0.15) is 5.26 Å². The number of rotatable bonds is 11. The maximum Gasteiger partial charge on any atom is 0.335 e. The number of piperidine rings is 1. The molecule has 1 atom stereocenters. The molecule has 2 aliphatic heterocycles. The predicted octanol–water partition coefficient (Wildman–Crippen LogP) is 5.37. The molecule has 1 aromatic heterocycles. The van der Waals surface area contributed by atoms with E-state index in [1.807, 2.05) is 18.2 Å². The molecule has 2 aliphatic rings. The van der Waals surface area contributed by atoms with Crippen molar-refractivity contribution in [3.63, 3.8) is 0 Å². The second-order valence-electron chi connectivity index (χ2n) is 11.3. The summed E-state index contributed by atoms with van der Waals surface area (Å²) in [4.78, 5) is 19.2. The fourth-order valence-electron chi connectivity index (χ4n) is 6.12. The summed E-state index contributed by atoms with van der Waals surface area (Å²) < 4.78 is 25.2. The quantitative estimate of drug-likeness (QED) is 0.244. The van der Waals surface area contributed by atoms with Crippen LogP contribution in [0.2, 0.25) is 0 Å². The number of carboxylic acids is 1. The molecular weight excluding hydrogens is 560 g/mol. The van der Waals surface area contributed by atoms with E-state index in [1.54, 1.807) is 32.4 Å². The number of para-hydroxylation sites is 1. The van der Waals surface area contributed by atoms with E-state index in [-0.39, 0.29) is 11.7 Å². The molecule has 4 aromatic rings. The molecule has 3 heterocycles. The predicted molar refractivity (Wildman–Crippen MR) is 163 cm³/mol. The molecule has 0 radical (unpaired) electrons. The van der Waals surface area contributed by atoms with E-state index in [4.69, 9.17) is 23.9 Å². The number of fused-ring (bicyclic) bond motifs is 1. The molecule has 2 fully saturated rings. The van der Waals surface area contributed by atoms with Crippen molar-refractivity contribution in [2.45, 2.75) is 51.0 Å². The van der Waals surface area contributed by atoms with Gasteiger partial charge in [0, 0.05) is 12.2 Å². The summed E-state index contributed by atoms with van der Waals surface area (Å²) in [6.07, 6.45) is 3.01. The summed E-state index contributed by atoms with van der Waals surface area (Å²) in [5.41, 5.74) is 4.24. The van der Waals surface area contributed by atoms with Crippen molar-refractivity contribution in [2.24, 2.45) is 0 Å². The fourth-order valence-corrected chi connectivity index (χ4v) is 6.12. The first kappa shape index (κ1) is 29.5. The number of ether oxygens (including phenoxy) is 4. The zero-order chi connectivity index (χ0) is 30.6. The molecular formula is C34H36N4O6. The van der Waals surface area contributed by atoms with Crippen LogP contribution in [0, 0.1) is 11.3 Å². The maximum absolute atomic E-state index is 11.8. The van der Waals surface area contributed by atoms with Crippen molar-refractivity contribution in [2.75, 3.05) is 33.9 Å². The molecule has 3 aromatic carbocycles. The molecule has 0 amide bonds. The Hall–Kier alpha value is -4.59. The van der Waals surface area contributed by atoms with Gasteiger partial charge < -0.3 is 28.6 Å². The van der Waals surface area contributed by atoms with Gasteiger partial charge in [-0.1, -0.05) is 24.3 Å². The van der Waals surface area contributed by atoms with E-state index in [0.717, 1.165) is 61.6 Å². The largest absolute Gasteiger partial charge is 0.496 e. The third kappa shape index (κ3) is 6.07. The number of carbonyl (C=O) groups is 1. The zero-order valence-corrected chi connectivity index (χ0v) is 25.0. The summed E-state index contributed by atoms with van der Waals surface area (Å²) in [5, 5.41) is 18.9. The van der Waals surface area contributed by atoms with Gasteiger partial charge in [0.1, 0.15) is 35.2 Å². The molecule has 10 nitrogen and oxygen atoms in total. The number of methoxy groups -OCH3 is 2. The molecule has 0 aliphatic carbocycles. The van der Waals surface area contributed by atoms with Gasteiger partial charge in [-0.25, -0.2) is 9.78 Å². The second-order valence-corrected chi connectivity index (χ2v) is 11.3. The minimum atomic E-state index is -0.998. The van der Waals surface area contributed by atoms with Gasteiger partial charge in [0.05, 0.1) is 56.1 Å². The monoisotopic (exact) mass is 596 g/mol. The highest BCUT2D eigenvalue weighted by atomic mass is 16.5. The van der Waals surface area contributed by atoms with Gasteiger partial charge in [0.15, 0.2) is 0 Å². The third-order valence-corrected chi connectivity index (χ3v) is 8.66. The first-order valence-electron chi connectivity index (χ1n) is 14.9. The van der Waals surface area contributed by atoms with Gasteiger partial charge in [-0.05, 0) is 74.2 Å². The topological polar surface area (TPSA) is 119 Å². The van der Waals surface area contributed by atoms with Gasteiger partial charge in [0.2, 0.25) is 0 Å². The Morgan fingerprint density at radius 2 is 1.82 bits per heavy atom. The normalized spacial score (nSPS) is 17.2. The molecule has 0 spiro atoms. The van der Waals surface area contributed by atoms with Crippen LogP contribution >= 0.6 is 0 Å². The Morgan fingerprint density at radius 3 is 2.50 bits per heavy atom. The molecule has 1 N–H and O–H groups in total. The van der Waals surface area contributed by atoms with Crippen molar-refractivity contribution in [3.8, 4) is 23.3 Å². The molecule has 0 unspecified atom stereocenters. The minimum absolute atomic E-state index is 0.0946. The summed E-state index contributed by atoms with van der Waals surface area (Å²) in [5.74, 6) is 2.20. The van der Waals surface area contributed by atoms with Crippen LogP contribution in [-0.4, -0.2) is 65.5 Å². The number of benzene rings is 3. The van der Waals surface area contributed by atoms with Gasteiger partial charge in [-0.3, -0.25) is 4.90 Å². The Balaban J connectivity index is 1.17. The lowest BCUT2D eigenvalue weighted by Crippen LogP contribution is -2.35. The lowest BCUT2D eigenvalue weighted by Gasteiger charge is -2.33. The van der Waals surface area contributed by atoms with Crippen molar-refractivity contribution in [1.29, 1.82) is 5.26 Å². The summed E-state index contributed by atoms with van der Waals surface area (Å²) >= 11 is 0. The number of nitriles is 1. The van der Waals surface area contributed by atoms with Crippen molar-refractivity contribution in [1.82, 2.24) is 14.5 Å². The molecule has 44 heavy (non-hydrogen) atoms. The van der Waals surface area contributed by atoms with E-state index < -0.39 is 5.97 Å². The average Bonchev–Trinajstić information content (AvgIpc) is 3.38. The Bertz CT molecular complexity index is 1700. The standard InChI is InChI=1S/C34H36N4O6/c1-41-30-15-22(18-35)7-8-24(30)21-44-29-6-4-3-5-27(29)23-9-12-37(13-10-23)20-32-36-33-28(38(32)19-26-11-14-43-26)16-25(34(39)40)17-31(33)42-2/h3-8,15-17,23,26H,9-14,19-21H2,1-2H3,(H,39,40)/t26-/m0/s1. The second kappa shape index (κ2) is 13.0. The summed E-state index contributed by atoms with van der Waals surface area (Å²) in [6, 6.07) is 19.0. The molecule has 10 heteroatoms. The van der Waals surface area contributed by atoms with Gasteiger partial charge in [-0.15, -0.1) is 0 Å². The van der Waals surface area contributed by atoms with Crippen LogP contribution in [-0.2, 0) is 24.4 Å². The highest BCUT2D eigenvalue weighted by molar-refractivity contribution is 5.95. The Labute approximate surface area is 256 Å². The first-order valence-corrected chi connectivity index (χ1v) is 14.9. The number of nitrogens with zero attached hydrogens (tertiary/aromatic N) is 4. The van der Waals surface area contributed by atoms with Gasteiger partial charge >= 0.3 is 5.97 Å². The summed E-state index contributed by atoms with van der Waals surface area (Å²) in [7, 11) is 3.14. The maximum atomic E-state index is 11.8. The van der Waals surface area contributed by atoms with Crippen LogP contribution in [0.1, 0.15) is 58.1 Å². The molecule has 228 valence electrons. The highest BCUT2D eigenvalue weighted by Gasteiger charge is 2.27. The highest BCUT2D eigenvalue weighted by Crippen LogP contribution is 2.36. The SMILES string of the molecule is COc1cc(C#N)ccc1COc1ccccc1C1CCN(Cc2nc3c(OC)cc(C(=O)O)cc3n2C[C@@H]2CCO2)CC1. The smallest absolute Gasteiger partial charge is 0.335 e. The van der Waals surface area contributed by atoms with Crippen LogP contribution in [0.25, 0.3) is 11.0 Å². The average molecular weight is 597 g/mol. The summed E-state index contributed by atoms with van der Waals surface area (Å²) in [6.45, 7) is 4.15. The van der Waals surface area contributed by atoms with E-state index in [9.17, 15) is 15.2 Å². The number of carboxylic acid groups (broad SMARTS) is 1. The lowest BCUT2D eigenvalue weighted by molar-refractivity contribution is -0.0592. The van der Waals surface area contributed by atoms with Crippen LogP contribution in [0.15, 0.2) is 54.6 Å². The number of hydrogen-bond acceptors (Lipinski definition) is 8. The number of aromatic carboxylic acids is 1.